The number of aliphatic hydroxyl groups excluding tert-OH is 1. The van der Waals surface area contributed by atoms with E-state index in [0.29, 0.717) is 0 Å². The third kappa shape index (κ3) is 3.32. The van der Waals surface area contributed by atoms with Gasteiger partial charge in [0.1, 0.15) is 0 Å². The molecule has 1 aromatic carbocycles. The standard InChI is InChI=1S/C14H17ClN2OS/c1-9-14(15)13(17(3)16-9)8-19-12-6-4-5-11(7-12)10(2)18/h4-7,10,18H,8H2,1-3H3. The molecule has 0 spiro atoms. The number of thioether (sulfide) groups is 1. The first-order valence-electron chi connectivity index (χ1n) is 6.08. The van der Waals surface area contributed by atoms with Gasteiger partial charge in [0, 0.05) is 17.7 Å². The molecule has 0 radical (unpaired) electrons. The first-order valence-corrected chi connectivity index (χ1v) is 7.44. The van der Waals surface area contributed by atoms with Crippen LogP contribution >= 0.6 is 23.4 Å². The van der Waals surface area contributed by atoms with Crippen LogP contribution in [0.25, 0.3) is 0 Å². The maximum atomic E-state index is 9.58. The molecule has 1 heterocycles. The second-order valence-electron chi connectivity index (χ2n) is 4.51. The lowest BCUT2D eigenvalue weighted by Crippen LogP contribution is -1.97. The van der Waals surface area contributed by atoms with E-state index in [1.54, 1.807) is 18.7 Å². The van der Waals surface area contributed by atoms with E-state index in [-0.39, 0.29) is 0 Å². The molecule has 1 N–H and O–H groups in total. The fourth-order valence-electron chi connectivity index (χ4n) is 1.85. The number of nitrogens with zero attached hydrogens (tertiary/aromatic N) is 2. The fraction of sp³-hybridized carbons (Fsp3) is 0.357. The van der Waals surface area contributed by atoms with Crippen LogP contribution in [0.1, 0.15) is 30.0 Å². The van der Waals surface area contributed by atoms with Crippen molar-refractivity contribution in [3.8, 4) is 0 Å². The van der Waals surface area contributed by atoms with Gasteiger partial charge in [-0.05, 0) is 31.5 Å². The van der Waals surface area contributed by atoms with Gasteiger partial charge in [-0.15, -0.1) is 11.8 Å². The van der Waals surface area contributed by atoms with Gasteiger partial charge in [0.2, 0.25) is 0 Å². The summed E-state index contributed by atoms with van der Waals surface area (Å²) in [6.07, 6.45) is -0.442. The maximum absolute atomic E-state index is 9.58. The number of aryl methyl sites for hydroxylation is 2. The molecule has 3 nitrogen and oxygen atoms in total. The average molecular weight is 297 g/mol. The van der Waals surface area contributed by atoms with Gasteiger partial charge >= 0.3 is 0 Å². The van der Waals surface area contributed by atoms with Crippen LogP contribution in [0.15, 0.2) is 29.2 Å². The molecule has 0 aliphatic heterocycles. The Morgan fingerprint density at radius 3 is 2.79 bits per heavy atom. The van der Waals surface area contributed by atoms with Crippen molar-refractivity contribution in [1.82, 2.24) is 9.78 Å². The molecule has 1 atom stereocenters. The predicted octanol–water partition coefficient (Wildman–Crippen LogP) is 3.73. The molecule has 102 valence electrons. The van der Waals surface area contributed by atoms with Gasteiger partial charge in [-0.25, -0.2) is 0 Å². The number of rotatable bonds is 4. The summed E-state index contributed by atoms with van der Waals surface area (Å²) in [7, 11) is 1.90. The topological polar surface area (TPSA) is 38.0 Å². The highest BCUT2D eigenvalue weighted by atomic mass is 35.5. The monoisotopic (exact) mass is 296 g/mol. The molecular formula is C14H17ClN2OS. The smallest absolute Gasteiger partial charge is 0.0855 e. The molecule has 0 aliphatic rings. The molecule has 0 amide bonds. The Kier molecular flexibility index (Phi) is 4.55. The Morgan fingerprint density at radius 1 is 1.47 bits per heavy atom. The van der Waals surface area contributed by atoms with Gasteiger partial charge in [0.25, 0.3) is 0 Å². The number of aromatic nitrogens is 2. The minimum atomic E-state index is -0.442. The lowest BCUT2D eigenvalue weighted by molar-refractivity contribution is 0.199. The largest absolute Gasteiger partial charge is 0.389 e. The summed E-state index contributed by atoms with van der Waals surface area (Å²) in [4.78, 5) is 1.12. The van der Waals surface area contributed by atoms with Crippen LogP contribution in [0, 0.1) is 6.92 Å². The van der Waals surface area contributed by atoms with Crippen LogP contribution in [0.4, 0.5) is 0 Å². The summed E-state index contributed by atoms with van der Waals surface area (Å²) in [5.41, 5.74) is 2.81. The molecule has 0 saturated carbocycles. The Labute approximate surface area is 122 Å². The van der Waals surface area contributed by atoms with E-state index < -0.39 is 6.10 Å². The van der Waals surface area contributed by atoms with E-state index in [4.69, 9.17) is 11.6 Å². The first-order chi connectivity index (χ1) is 8.99. The zero-order valence-electron chi connectivity index (χ0n) is 11.2. The van der Waals surface area contributed by atoms with Crippen LogP contribution in [0.5, 0.6) is 0 Å². The molecule has 2 rings (SSSR count). The minimum absolute atomic E-state index is 0.442. The minimum Gasteiger partial charge on any atom is -0.389 e. The highest BCUT2D eigenvalue weighted by Gasteiger charge is 2.11. The van der Waals surface area contributed by atoms with E-state index in [2.05, 4.69) is 5.10 Å². The third-order valence-corrected chi connectivity index (χ3v) is 4.47. The molecule has 5 heteroatoms. The van der Waals surface area contributed by atoms with Gasteiger partial charge in [0.15, 0.2) is 0 Å². The number of halogens is 1. The Bertz CT molecular complexity index is 581. The SMILES string of the molecule is Cc1nn(C)c(CSc2cccc(C(C)O)c2)c1Cl. The van der Waals surface area contributed by atoms with E-state index in [0.717, 1.165) is 32.6 Å². The summed E-state index contributed by atoms with van der Waals surface area (Å²) in [5.74, 6) is 0.763. The van der Waals surface area contributed by atoms with Crippen molar-refractivity contribution in [3.63, 3.8) is 0 Å². The summed E-state index contributed by atoms with van der Waals surface area (Å²) >= 11 is 7.92. The molecule has 19 heavy (non-hydrogen) atoms. The fourth-order valence-corrected chi connectivity index (χ4v) is 3.19. The van der Waals surface area contributed by atoms with Gasteiger partial charge in [-0.3, -0.25) is 4.68 Å². The van der Waals surface area contributed by atoms with Crippen molar-refractivity contribution in [1.29, 1.82) is 0 Å². The maximum Gasteiger partial charge on any atom is 0.0855 e. The lowest BCUT2D eigenvalue weighted by atomic mass is 10.1. The zero-order chi connectivity index (χ0) is 14.0. The highest BCUT2D eigenvalue weighted by molar-refractivity contribution is 7.98. The summed E-state index contributed by atoms with van der Waals surface area (Å²) in [6, 6.07) is 7.93. The molecule has 2 aromatic rings. The van der Waals surface area contributed by atoms with E-state index in [1.807, 2.05) is 42.9 Å². The van der Waals surface area contributed by atoms with Gasteiger partial charge < -0.3 is 5.11 Å². The Hall–Kier alpha value is -0.970. The molecule has 1 unspecified atom stereocenters. The van der Waals surface area contributed by atoms with Crippen LogP contribution < -0.4 is 0 Å². The molecular weight excluding hydrogens is 280 g/mol. The summed E-state index contributed by atoms with van der Waals surface area (Å²) in [6.45, 7) is 3.68. The van der Waals surface area contributed by atoms with E-state index in [1.165, 1.54) is 0 Å². The summed E-state index contributed by atoms with van der Waals surface area (Å²) in [5, 5.41) is 14.6. The van der Waals surface area contributed by atoms with Gasteiger partial charge in [0.05, 0.1) is 22.5 Å². The van der Waals surface area contributed by atoms with Crippen molar-refractivity contribution in [2.24, 2.45) is 7.05 Å². The normalized spacial score (nSPS) is 12.7. The molecule has 0 fully saturated rings. The van der Waals surface area contributed by atoms with E-state index in [9.17, 15) is 5.11 Å². The Morgan fingerprint density at radius 2 is 2.21 bits per heavy atom. The van der Waals surface area contributed by atoms with Crippen LogP contribution in [0.2, 0.25) is 5.02 Å². The highest BCUT2D eigenvalue weighted by Crippen LogP contribution is 2.29. The van der Waals surface area contributed by atoms with Crippen molar-refractivity contribution in [3.05, 3.63) is 46.2 Å². The Balaban J connectivity index is 2.12. The van der Waals surface area contributed by atoms with Crippen molar-refractivity contribution < 1.29 is 5.11 Å². The number of hydrogen-bond acceptors (Lipinski definition) is 3. The molecule has 0 bridgehead atoms. The van der Waals surface area contributed by atoms with Crippen molar-refractivity contribution in [2.45, 2.75) is 30.6 Å². The molecule has 1 aromatic heterocycles. The van der Waals surface area contributed by atoms with Crippen LogP contribution in [0.3, 0.4) is 0 Å². The number of benzene rings is 1. The zero-order valence-corrected chi connectivity index (χ0v) is 12.8. The van der Waals surface area contributed by atoms with E-state index >= 15 is 0 Å². The number of hydrogen-bond donors (Lipinski definition) is 1. The van der Waals surface area contributed by atoms with Gasteiger partial charge in [-0.1, -0.05) is 23.7 Å². The quantitative estimate of drug-likeness (QED) is 0.874. The number of aliphatic hydroxyl groups is 1. The van der Waals surface area contributed by atoms with Crippen LogP contribution in [-0.2, 0) is 12.8 Å². The molecule has 0 saturated heterocycles. The third-order valence-electron chi connectivity index (χ3n) is 2.98. The van der Waals surface area contributed by atoms with Crippen LogP contribution in [-0.4, -0.2) is 14.9 Å². The predicted molar refractivity (Wildman–Crippen MR) is 79.6 cm³/mol. The van der Waals surface area contributed by atoms with Crippen molar-refractivity contribution in [2.75, 3.05) is 0 Å². The lowest BCUT2D eigenvalue weighted by Gasteiger charge is -2.07. The second-order valence-corrected chi connectivity index (χ2v) is 5.93. The average Bonchev–Trinajstić information content (AvgIpc) is 2.61. The van der Waals surface area contributed by atoms with Gasteiger partial charge in [-0.2, -0.15) is 5.10 Å². The molecule has 0 aliphatic carbocycles. The first kappa shape index (κ1) is 14.4. The summed E-state index contributed by atoms with van der Waals surface area (Å²) < 4.78 is 1.82. The second kappa shape index (κ2) is 5.99. The van der Waals surface area contributed by atoms with Crippen molar-refractivity contribution >= 4 is 23.4 Å².